The Morgan fingerprint density at radius 3 is 2.74 bits per heavy atom. The average Bonchev–Trinajstić information content (AvgIpc) is 2.85. The molecular formula is C14H18F2N2O. The van der Waals surface area contributed by atoms with Crippen LogP contribution in [0.2, 0.25) is 0 Å². The molecule has 2 rings (SSSR count). The number of amides is 1. The summed E-state index contributed by atoms with van der Waals surface area (Å²) >= 11 is 0. The van der Waals surface area contributed by atoms with Crippen molar-refractivity contribution in [3.63, 3.8) is 0 Å². The minimum absolute atomic E-state index is 0.0279. The number of alkyl halides is 1. The lowest BCUT2D eigenvalue weighted by Crippen LogP contribution is -2.46. The van der Waals surface area contributed by atoms with Crippen molar-refractivity contribution in [3.05, 3.63) is 35.6 Å². The van der Waals surface area contributed by atoms with Gasteiger partial charge in [0.2, 0.25) is 5.67 Å². The minimum atomic E-state index is -1.87. The predicted octanol–water partition coefficient (Wildman–Crippen LogP) is 2.05. The Labute approximate surface area is 111 Å². The van der Waals surface area contributed by atoms with E-state index in [1.807, 2.05) is 0 Å². The number of benzene rings is 1. The van der Waals surface area contributed by atoms with Gasteiger partial charge >= 0.3 is 0 Å². The third-order valence-corrected chi connectivity index (χ3v) is 3.74. The van der Waals surface area contributed by atoms with E-state index < -0.39 is 17.6 Å². The summed E-state index contributed by atoms with van der Waals surface area (Å²) in [6, 6.07) is 5.75. The molecule has 1 aromatic rings. The van der Waals surface area contributed by atoms with Gasteiger partial charge in [0.1, 0.15) is 5.82 Å². The molecule has 5 heteroatoms. The highest BCUT2D eigenvalue weighted by atomic mass is 19.1. The van der Waals surface area contributed by atoms with E-state index in [1.54, 1.807) is 25.1 Å². The molecule has 104 valence electrons. The van der Waals surface area contributed by atoms with E-state index in [9.17, 15) is 13.6 Å². The molecule has 0 saturated carbocycles. The van der Waals surface area contributed by atoms with Crippen molar-refractivity contribution >= 4 is 5.91 Å². The van der Waals surface area contributed by atoms with Gasteiger partial charge in [0.25, 0.3) is 5.91 Å². The molecular weight excluding hydrogens is 250 g/mol. The molecule has 1 fully saturated rings. The van der Waals surface area contributed by atoms with E-state index in [0.29, 0.717) is 12.1 Å². The molecule has 19 heavy (non-hydrogen) atoms. The molecule has 1 aromatic carbocycles. The molecule has 1 amide bonds. The van der Waals surface area contributed by atoms with Gasteiger partial charge in [-0.25, -0.2) is 8.78 Å². The fraction of sp³-hybridized carbons (Fsp3) is 0.500. The zero-order chi connectivity index (χ0) is 14.0. The summed E-state index contributed by atoms with van der Waals surface area (Å²) in [4.78, 5) is 13.5. The van der Waals surface area contributed by atoms with Crippen molar-refractivity contribution < 1.29 is 13.6 Å². The number of carbonyl (C=O) groups excluding carboxylic acids is 1. The van der Waals surface area contributed by atoms with Gasteiger partial charge in [0.05, 0.1) is 6.04 Å². The molecule has 1 heterocycles. The lowest BCUT2D eigenvalue weighted by Gasteiger charge is -2.30. The molecule has 2 atom stereocenters. The summed E-state index contributed by atoms with van der Waals surface area (Å²) in [5.74, 6) is -0.972. The van der Waals surface area contributed by atoms with E-state index in [0.717, 1.165) is 0 Å². The van der Waals surface area contributed by atoms with Gasteiger partial charge in [-0.2, -0.15) is 0 Å². The Bertz CT molecular complexity index is 472. The van der Waals surface area contributed by atoms with Crippen LogP contribution in [0.15, 0.2) is 24.3 Å². The van der Waals surface area contributed by atoms with E-state index in [1.165, 1.54) is 18.0 Å². The Morgan fingerprint density at radius 1 is 1.47 bits per heavy atom. The molecule has 0 aromatic heterocycles. The van der Waals surface area contributed by atoms with Gasteiger partial charge in [-0.1, -0.05) is 18.2 Å². The number of nitrogens with one attached hydrogen (secondary N) is 1. The Kier molecular flexibility index (Phi) is 3.85. The van der Waals surface area contributed by atoms with Crippen LogP contribution in [0.1, 0.15) is 24.9 Å². The third kappa shape index (κ3) is 2.61. The number of hydrogen-bond donors (Lipinski definition) is 1. The predicted molar refractivity (Wildman–Crippen MR) is 68.9 cm³/mol. The SMILES string of the molecule is C[C@@H](c1ccccc1F)N(C)C(=O)[C@]1(F)CCNC1. The molecule has 1 N–H and O–H groups in total. The molecule has 1 saturated heterocycles. The van der Waals surface area contributed by atoms with Crippen molar-refractivity contribution in [2.45, 2.75) is 25.1 Å². The van der Waals surface area contributed by atoms with Crippen LogP contribution >= 0.6 is 0 Å². The van der Waals surface area contributed by atoms with E-state index in [2.05, 4.69) is 5.32 Å². The van der Waals surface area contributed by atoms with Crippen LogP contribution in [0.5, 0.6) is 0 Å². The second-order valence-electron chi connectivity index (χ2n) is 5.01. The molecule has 0 radical (unpaired) electrons. The highest BCUT2D eigenvalue weighted by molar-refractivity contribution is 5.86. The smallest absolute Gasteiger partial charge is 0.261 e. The van der Waals surface area contributed by atoms with Crippen molar-refractivity contribution in [1.29, 1.82) is 0 Å². The second kappa shape index (κ2) is 5.25. The third-order valence-electron chi connectivity index (χ3n) is 3.74. The molecule has 0 bridgehead atoms. The van der Waals surface area contributed by atoms with Gasteiger partial charge in [0, 0.05) is 25.6 Å². The topological polar surface area (TPSA) is 32.3 Å². The van der Waals surface area contributed by atoms with Crippen LogP contribution in [0.4, 0.5) is 8.78 Å². The lowest BCUT2D eigenvalue weighted by atomic mass is 10.0. The summed E-state index contributed by atoms with van der Waals surface area (Å²) < 4.78 is 28.1. The van der Waals surface area contributed by atoms with E-state index >= 15 is 0 Å². The maximum Gasteiger partial charge on any atom is 0.261 e. The number of halogens is 2. The van der Waals surface area contributed by atoms with Crippen molar-refractivity contribution in [2.24, 2.45) is 0 Å². The summed E-state index contributed by atoms with van der Waals surface area (Å²) in [5, 5.41) is 2.84. The lowest BCUT2D eigenvalue weighted by molar-refractivity contribution is -0.143. The van der Waals surface area contributed by atoms with Gasteiger partial charge in [0.15, 0.2) is 0 Å². The highest BCUT2D eigenvalue weighted by Gasteiger charge is 2.44. The Morgan fingerprint density at radius 2 is 2.16 bits per heavy atom. The first-order valence-corrected chi connectivity index (χ1v) is 6.37. The fourth-order valence-electron chi connectivity index (χ4n) is 2.36. The first-order chi connectivity index (χ1) is 8.96. The van der Waals surface area contributed by atoms with Crippen LogP contribution < -0.4 is 5.32 Å². The first-order valence-electron chi connectivity index (χ1n) is 6.37. The largest absolute Gasteiger partial charge is 0.336 e. The second-order valence-corrected chi connectivity index (χ2v) is 5.01. The monoisotopic (exact) mass is 268 g/mol. The molecule has 1 aliphatic heterocycles. The fourth-order valence-corrected chi connectivity index (χ4v) is 2.36. The van der Waals surface area contributed by atoms with Gasteiger partial charge in [-0.15, -0.1) is 0 Å². The quantitative estimate of drug-likeness (QED) is 0.910. The van der Waals surface area contributed by atoms with Crippen molar-refractivity contribution in [1.82, 2.24) is 10.2 Å². The van der Waals surface area contributed by atoms with Gasteiger partial charge < -0.3 is 10.2 Å². The van der Waals surface area contributed by atoms with Crippen molar-refractivity contribution in [2.75, 3.05) is 20.1 Å². The number of nitrogens with zero attached hydrogens (tertiary/aromatic N) is 1. The van der Waals surface area contributed by atoms with Crippen LogP contribution in [-0.2, 0) is 4.79 Å². The van der Waals surface area contributed by atoms with Crippen LogP contribution in [-0.4, -0.2) is 36.6 Å². The summed E-state index contributed by atoms with van der Waals surface area (Å²) in [5.41, 5.74) is -1.47. The minimum Gasteiger partial charge on any atom is -0.336 e. The van der Waals surface area contributed by atoms with Crippen LogP contribution in [0, 0.1) is 5.82 Å². The van der Waals surface area contributed by atoms with Gasteiger partial charge in [-0.3, -0.25) is 4.79 Å². The number of hydrogen-bond acceptors (Lipinski definition) is 2. The molecule has 3 nitrogen and oxygen atoms in total. The number of carbonyl (C=O) groups is 1. The molecule has 0 aliphatic carbocycles. The molecule has 0 unspecified atom stereocenters. The maximum atomic E-state index is 14.4. The summed E-state index contributed by atoms with van der Waals surface area (Å²) in [6.45, 7) is 2.21. The maximum absolute atomic E-state index is 14.4. The van der Waals surface area contributed by atoms with Crippen molar-refractivity contribution in [3.8, 4) is 0 Å². The Balaban J connectivity index is 2.17. The van der Waals surface area contributed by atoms with Crippen LogP contribution in [0.3, 0.4) is 0 Å². The average molecular weight is 268 g/mol. The van der Waals surface area contributed by atoms with Gasteiger partial charge in [-0.05, 0) is 19.5 Å². The molecule has 1 aliphatic rings. The zero-order valence-electron chi connectivity index (χ0n) is 11.1. The zero-order valence-corrected chi connectivity index (χ0v) is 11.1. The summed E-state index contributed by atoms with van der Waals surface area (Å²) in [7, 11) is 1.51. The van der Waals surface area contributed by atoms with E-state index in [-0.39, 0.29) is 18.8 Å². The number of rotatable bonds is 3. The van der Waals surface area contributed by atoms with E-state index in [4.69, 9.17) is 0 Å². The normalized spacial score (nSPS) is 24.2. The first kappa shape index (κ1) is 13.9. The Hall–Kier alpha value is -1.49. The highest BCUT2D eigenvalue weighted by Crippen LogP contribution is 2.28. The van der Waals surface area contributed by atoms with Crippen LogP contribution in [0.25, 0.3) is 0 Å². The summed E-state index contributed by atoms with van der Waals surface area (Å²) in [6.07, 6.45) is 0.167. The molecule has 0 spiro atoms. The standard InChI is InChI=1S/C14H18F2N2O/c1-10(11-5-3-4-6-12(11)15)18(2)13(19)14(16)7-8-17-9-14/h3-6,10,17H,7-9H2,1-2H3/t10-,14-/m0/s1.